The van der Waals surface area contributed by atoms with Crippen molar-refractivity contribution in [2.24, 2.45) is 0 Å². The molecule has 0 radical (unpaired) electrons. The Morgan fingerprint density at radius 2 is 2.08 bits per heavy atom. The molecule has 0 unspecified atom stereocenters. The van der Waals surface area contributed by atoms with Crippen LogP contribution in [0.15, 0.2) is 32.9 Å². The van der Waals surface area contributed by atoms with E-state index in [9.17, 15) is 13.2 Å². The van der Waals surface area contributed by atoms with Crippen LogP contribution in [-0.4, -0.2) is 19.3 Å². The van der Waals surface area contributed by atoms with Crippen LogP contribution in [-0.2, 0) is 10.0 Å². The van der Waals surface area contributed by atoms with Gasteiger partial charge in [-0.15, -0.1) is 22.7 Å². The van der Waals surface area contributed by atoms with Crippen LogP contribution in [0.1, 0.15) is 16.2 Å². The van der Waals surface area contributed by atoms with Gasteiger partial charge in [0, 0.05) is 5.38 Å². The molecular weight excluding hydrogens is 415 g/mol. The van der Waals surface area contributed by atoms with Crippen molar-refractivity contribution in [3.05, 3.63) is 43.7 Å². The highest BCUT2D eigenvalue weighted by molar-refractivity contribution is 7.90. The fourth-order valence-corrected chi connectivity index (χ4v) is 5.65. The normalized spacial score (nSPS) is 11.6. The van der Waals surface area contributed by atoms with Gasteiger partial charge in [-0.05, 0) is 25.1 Å². The molecule has 6 nitrogen and oxygen atoms in total. The van der Waals surface area contributed by atoms with Crippen molar-refractivity contribution in [2.45, 2.75) is 11.8 Å². The first-order valence-corrected chi connectivity index (χ1v) is 10.2. The van der Waals surface area contributed by atoms with Crippen molar-refractivity contribution < 1.29 is 17.6 Å². The Balaban J connectivity index is 1.83. The van der Waals surface area contributed by atoms with Crippen LogP contribution >= 0.6 is 45.9 Å². The van der Waals surface area contributed by atoms with E-state index in [1.54, 1.807) is 19.1 Å². The van der Waals surface area contributed by atoms with E-state index in [1.165, 1.54) is 22.8 Å². The molecule has 0 saturated heterocycles. The van der Waals surface area contributed by atoms with Crippen LogP contribution < -0.4 is 4.72 Å². The zero-order valence-electron chi connectivity index (χ0n) is 11.9. The van der Waals surface area contributed by atoms with Gasteiger partial charge in [-0.25, -0.2) is 18.1 Å². The van der Waals surface area contributed by atoms with Crippen molar-refractivity contribution in [3.8, 4) is 10.8 Å². The van der Waals surface area contributed by atoms with E-state index in [-0.39, 0.29) is 19.3 Å². The number of thiophene rings is 1. The third-order valence-corrected chi connectivity index (χ3v) is 6.77. The third kappa shape index (κ3) is 3.50. The van der Waals surface area contributed by atoms with Gasteiger partial charge >= 0.3 is 0 Å². The van der Waals surface area contributed by atoms with Crippen LogP contribution in [0.25, 0.3) is 10.8 Å². The van der Waals surface area contributed by atoms with E-state index in [0.29, 0.717) is 16.5 Å². The van der Waals surface area contributed by atoms with E-state index in [2.05, 4.69) is 4.98 Å². The minimum Gasteiger partial charge on any atom is -0.459 e. The van der Waals surface area contributed by atoms with Gasteiger partial charge < -0.3 is 4.42 Å². The number of nitrogens with one attached hydrogen (secondary N) is 1. The number of aromatic nitrogens is 1. The number of furan rings is 1. The molecule has 0 saturated carbocycles. The summed E-state index contributed by atoms with van der Waals surface area (Å²) < 4.78 is 32.0. The highest BCUT2D eigenvalue weighted by Gasteiger charge is 2.25. The van der Waals surface area contributed by atoms with Gasteiger partial charge in [-0.2, -0.15) is 0 Å². The summed E-state index contributed by atoms with van der Waals surface area (Å²) in [5, 5.41) is 1.92. The van der Waals surface area contributed by atoms with Crippen molar-refractivity contribution in [2.75, 3.05) is 0 Å². The van der Waals surface area contributed by atoms with Gasteiger partial charge in [0.25, 0.3) is 15.9 Å². The number of aryl methyl sites for hydroxylation is 1. The van der Waals surface area contributed by atoms with Crippen LogP contribution in [0.3, 0.4) is 0 Å². The molecular formula is C13H8Cl2N2O4S3. The summed E-state index contributed by atoms with van der Waals surface area (Å²) >= 11 is 13.6. The largest absolute Gasteiger partial charge is 0.459 e. The molecule has 0 atom stereocenters. The second-order valence-electron chi connectivity index (χ2n) is 4.57. The Kier molecular flexibility index (Phi) is 4.71. The summed E-state index contributed by atoms with van der Waals surface area (Å²) in [4.78, 5) is 16.0. The SMILES string of the molecule is Cc1ccc(-c2nc(C(=O)NS(=O)(=O)c3cc(Cl)sc3Cl)cs2)o1. The van der Waals surface area contributed by atoms with E-state index in [0.717, 1.165) is 11.3 Å². The van der Waals surface area contributed by atoms with Gasteiger partial charge in [0.05, 0.1) is 4.34 Å². The lowest BCUT2D eigenvalue weighted by Crippen LogP contribution is -2.30. The fraction of sp³-hybridized carbons (Fsp3) is 0.0769. The van der Waals surface area contributed by atoms with E-state index in [4.69, 9.17) is 27.6 Å². The number of carbonyl (C=O) groups excluding carboxylic acids is 1. The average molecular weight is 423 g/mol. The van der Waals surface area contributed by atoms with Crippen molar-refractivity contribution in [1.29, 1.82) is 0 Å². The summed E-state index contributed by atoms with van der Waals surface area (Å²) in [5.41, 5.74) is -0.0370. The van der Waals surface area contributed by atoms with Gasteiger partial charge in [0.2, 0.25) is 0 Å². The molecule has 24 heavy (non-hydrogen) atoms. The Bertz CT molecular complexity index is 1020. The highest BCUT2D eigenvalue weighted by Crippen LogP contribution is 2.34. The number of amides is 1. The van der Waals surface area contributed by atoms with Crippen LogP contribution in [0.5, 0.6) is 0 Å². The fourth-order valence-electron chi connectivity index (χ4n) is 1.78. The first-order chi connectivity index (χ1) is 11.3. The molecule has 11 heteroatoms. The van der Waals surface area contributed by atoms with Crippen LogP contribution in [0.4, 0.5) is 0 Å². The Hall–Kier alpha value is -1.39. The van der Waals surface area contributed by atoms with Gasteiger partial charge in [-0.3, -0.25) is 4.79 Å². The van der Waals surface area contributed by atoms with E-state index >= 15 is 0 Å². The Labute approximate surface area is 155 Å². The van der Waals surface area contributed by atoms with Crippen molar-refractivity contribution in [3.63, 3.8) is 0 Å². The quantitative estimate of drug-likeness (QED) is 0.680. The standard InChI is InChI=1S/C13H8Cl2N2O4S3/c1-6-2-3-8(21-6)13-16-7(5-22-13)12(18)17-24(19,20)9-4-10(14)23-11(9)15/h2-5H,1H3,(H,17,18). The first-order valence-electron chi connectivity index (χ1n) is 6.30. The lowest BCUT2D eigenvalue weighted by molar-refractivity contribution is 0.0977. The summed E-state index contributed by atoms with van der Waals surface area (Å²) in [6.45, 7) is 1.78. The summed E-state index contributed by atoms with van der Waals surface area (Å²) in [6.07, 6.45) is 0. The summed E-state index contributed by atoms with van der Waals surface area (Å²) in [5.74, 6) is 0.351. The molecule has 0 aliphatic rings. The van der Waals surface area contributed by atoms with Gasteiger partial charge in [0.1, 0.15) is 20.7 Å². The van der Waals surface area contributed by atoms with Crippen molar-refractivity contribution >= 4 is 61.8 Å². The molecule has 0 aliphatic heterocycles. The molecule has 0 aromatic carbocycles. The third-order valence-electron chi connectivity index (χ3n) is 2.83. The number of sulfonamides is 1. The summed E-state index contributed by atoms with van der Waals surface area (Å²) in [6, 6.07) is 4.67. The molecule has 0 bridgehead atoms. The number of thiazole rings is 1. The maximum Gasteiger partial charge on any atom is 0.284 e. The molecule has 0 aliphatic carbocycles. The Morgan fingerprint density at radius 3 is 2.67 bits per heavy atom. The number of halogens is 2. The maximum absolute atomic E-state index is 12.2. The number of carbonyl (C=O) groups is 1. The second kappa shape index (κ2) is 6.49. The number of nitrogens with zero attached hydrogens (tertiary/aromatic N) is 1. The lowest BCUT2D eigenvalue weighted by atomic mass is 10.4. The van der Waals surface area contributed by atoms with Crippen LogP contribution in [0.2, 0.25) is 8.67 Å². The molecule has 3 aromatic heterocycles. The monoisotopic (exact) mass is 422 g/mol. The maximum atomic E-state index is 12.2. The van der Waals surface area contributed by atoms with E-state index < -0.39 is 15.9 Å². The molecule has 3 heterocycles. The molecule has 1 amide bonds. The zero-order valence-corrected chi connectivity index (χ0v) is 15.8. The summed E-state index contributed by atoms with van der Waals surface area (Å²) in [7, 11) is -4.13. The lowest BCUT2D eigenvalue weighted by Gasteiger charge is -2.03. The topological polar surface area (TPSA) is 89.3 Å². The second-order valence-corrected chi connectivity index (χ2v) is 9.37. The molecule has 1 N–H and O–H groups in total. The molecule has 3 rings (SSSR count). The minimum atomic E-state index is -4.13. The number of rotatable bonds is 4. The molecule has 3 aromatic rings. The Morgan fingerprint density at radius 1 is 1.33 bits per heavy atom. The first kappa shape index (κ1) is 17.4. The predicted octanol–water partition coefficient (Wildman–Crippen LogP) is 4.20. The smallest absolute Gasteiger partial charge is 0.284 e. The highest BCUT2D eigenvalue weighted by atomic mass is 35.5. The van der Waals surface area contributed by atoms with Crippen LogP contribution in [0, 0.1) is 6.92 Å². The molecule has 126 valence electrons. The van der Waals surface area contributed by atoms with Gasteiger partial charge in [-0.1, -0.05) is 23.2 Å². The number of hydrogen-bond donors (Lipinski definition) is 1. The zero-order chi connectivity index (χ0) is 17.5. The minimum absolute atomic E-state index is 0.0228. The molecule has 0 fully saturated rings. The van der Waals surface area contributed by atoms with Crippen molar-refractivity contribution in [1.82, 2.24) is 9.71 Å². The van der Waals surface area contributed by atoms with Gasteiger partial charge in [0.15, 0.2) is 10.8 Å². The van der Waals surface area contributed by atoms with E-state index in [1.807, 2.05) is 4.72 Å². The number of hydrogen-bond acceptors (Lipinski definition) is 7. The molecule has 0 spiro atoms. The average Bonchev–Trinajstić information content (AvgIpc) is 3.18. The predicted molar refractivity (Wildman–Crippen MR) is 93.5 cm³/mol.